The van der Waals surface area contributed by atoms with Gasteiger partial charge in [0.25, 0.3) is 11.8 Å². The number of fused-ring (bicyclic) bond motifs is 3. The second kappa shape index (κ2) is 7.37. The van der Waals surface area contributed by atoms with E-state index >= 15 is 0 Å². The molecule has 0 bridgehead atoms. The Labute approximate surface area is 201 Å². The highest BCUT2D eigenvalue weighted by molar-refractivity contribution is 6.23. The lowest BCUT2D eigenvalue weighted by atomic mass is 9.78. The summed E-state index contributed by atoms with van der Waals surface area (Å²) >= 11 is 0. The van der Waals surface area contributed by atoms with E-state index in [0.717, 1.165) is 11.1 Å². The fraction of sp³-hybridized carbons (Fsp3) is 0.179. The van der Waals surface area contributed by atoms with Crippen LogP contribution in [0.25, 0.3) is 0 Å². The van der Waals surface area contributed by atoms with E-state index in [1.807, 2.05) is 32.0 Å². The molecule has 7 heteroatoms. The third kappa shape index (κ3) is 2.78. The molecule has 174 valence electrons. The Balaban J connectivity index is 1.63. The molecule has 1 saturated heterocycles. The van der Waals surface area contributed by atoms with Gasteiger partial charge in [-0.2, -0.15) is 0 Å². The normalized spacial score (nSPS) is 24.7. The largest absolute Gasteiger partial charge is 0.468 e. The minimum Gasteiger partial charge on any atom is -0.468 e. The highest BCUT2D eigenvalue weighted by atomic mass is 19.1. The van der Waals surface area contributed by atoms with Crippen molar-refractivity contribution in [2.75, 3.05) is 9.80 Å². The topological polar surface area (TPSA) is 66.9 Å². The molecule has 3 aliphatic rings. The number of Topliss-reactive ketones (excluding diaryl/α,β-unsaturated/α-hetero) is 1. The first-order valence-corrected chi connectivity index (χ1v) is 11.3. The highest BCUT2D eigenvalue weighted by Crippen LogP contribution is 2.51. The molecule has 1 spiro atoms. The standard InChI is InChI=1S/C28H21FN2O4/c1-16-7-5-8-17(2)24(16)30-26-23(25(33)20-11-3-4-12-21(20)35-26)28(27(30)34)14-13-22(32)31(28)19-10-6-9-18(29)15-19/h3-15,23,26H,1-2H3. The average Bonchev–Trinajstić information content (AvgIpc) is 3.29. The number of aryl methyl sites for hydroxylation is 2. The Bertz CT molecular complexity index is 1440. The van der Waals surface area contributed by atoms with Crippen molar-refractivity contribution >= 4 is 29.0 Å². The lowest BCUT2D eigenvalue weighted by Gasteiger charge is -2.38. The molecule has 3 aromatic rings. The molecule has 6 rings (SSSR count). The van der Waals surface area contributed by atoms with Gasteiger partial charge < -0.3 is 4.74 Å². The van der Waals surface area contributed by atoms with Gasteiger partial charge >= 0.3 is 0 Å². The number of hydrogen-bond acceptors (Lipinski definition) is 4. The number of carbonyl (C=O) groups excluding carboxylic acids is 3. The fourth-order valence-corrected chi connectivity index (χ4v) is 5.64. The van der Waals surface area contributed by atoms with Gasteiger partial charge in [-0.1, -0.05) is 36.4 Å². The number of hydrogen-bond donors (Lipinski definition) is 0. The van der Waals surface area contributed by atoms with Crippen LogP contribution in [-0.4, -0.2) is 29.4 Å². The van der Waals surface area contributed by atoms with Gasteiger partial charge in [-0.25, -0.2) is 4.39 Å². The van der Waals surface area contributed by atoms with E-state index in [2.05, 4.69) is 0 Å². The number of para-hydroxylation sites is 2. The summed E-state index contributed by atoms with van der Waals surface area (Å²) in [5.74, 6) is -2.52. The van der Waals surface area contributed by atoms with E-state index < -0.39 is 35.3 Å². The van der Waals surface area contributed by atoms with Gasteiger partial charge in [-0.3, -0.25) is 24.2 Å². The van der Waals surface area contributed by atoms with Gasteiger partial charge in [0.15, 0.2) is 17.6 Å². The molecular formula is C28H21FN2O4. The molecular weight excluding hydrogens is 447 g/mol. The molecule has 0 N–H and O–H groups in total. The number of halogens is 1. The minimum absolute atomic E-state index is 0.196. The van der Waals surface area contributed by atoms with E-state index in [4.69, 9.17) is 4.74 Å². The zero-order chi connectivity index (χ0) is 24.5. The predicted octanol–water partition coefficient (Wildman–Crippen LogP) is 4.35. The third-order valence-electron chi connectivity index (χ3n) is 7.08. The first kappa shape index (κ1) is 21.3. The van der Waals surface area contributed by atoms with Crippen molar-refractivity contribution in [1.29, 1.82) is 0 Å². The van der Waals surface area contributed by atoms with Gasteiger partial charge in [-0.15, -0.1) is 0 Å². The van der Waals surface area contributed by atoms with Crippen LogP contribution in [0.4, 0.5) is 15.8 Å². The van der Waals surface area contributed by atoms with Crippen LogP contribution in [0.5, 0.6) is 5.75 Å². The Morgan fingerprint density at radius 1 is 0.914 bits per heavy atom. The molecule has 0 aromatic heterocycles. The third-order valence-corrected chi connectivity index (χ3v) is 7.08. The molecule has 0 radical (unpaired) electrons. The maximum atomic E-state index is 14.5. The fourth-order valence-electron chi connectivity index (χ4n) is 5.64. The van der Waals surface area contributed by atoms with Crippen molar-refractivity contribution in [3.8, 4) is 5.75 Å². The van der Waals surface area contributed by atoms with Crippen LogP contribution in [0.15, 0.2) is 78.9 Å². The highest BCUT2D eigenvalue weighted by Gasteiger charge is 2.69. The molecule has 6 nitrogen and oxygen atoms in total. The molecule has 2 amide bonds. The zero-order valence-electron chi connectivity index (χ0n) is 19.1. The Kier molecular flexibility index (Phi) is 4.48. The van der Waals surface area contributed by atoms with Crippen LogP contribution >= 0.6 is 0 Å². The van der Waals surface area contributed by atoms with Gasteiger partial charge in [0.1, 0.15) is 17.5 Å². The van der Waals surface area contributed by atoms with E-state index in [1.165, 1.54) is 40.2 Å². The Morgan fingerprint density at radius 3 is 2.37 bits per heavy atom. The Hall–Kier alpha value is -4.26. The van der Waals surface area contributed by atoms with Crippen molar-refractivity contribution in [2.24, 2.45) is 5.92 Å². The van der Waals surface area contributed by atoms with Crippen LogP contribution in [-0.2, 0) is 9.59 Å². The summed E-state index contributed by atoms with van der Waals surface area (Å²) in [5.41, 5.74) is 1.13. The number of nitrogens with zero attached hydrogens (tertiary/aromatic N) is 2. The predicted molar refractivity (Wildman–Crippen MR) is 128 cm³/mol. The van der Waals surface area contributed by atoms with Crippen molar-refractivity contribution in [3.05, 3.63) is 101 Å². The number of ketones is 1. The number of anilines is 2. The first-order chi connectivity index (χ1) is 16.8. The van der Waals surface area contributed by atoms with Gasteiger partial charge in [-0.05, 0) is 61.4 Å². The lowest BCUT2D eigenvalue weighted by molar-refractivity contribution is -0.123. The Morgan fingerprint density at radius 2 is 1.63 bits per heavy atom. The maximum absolute atomic E-state index is 14.5. The second-order valence-electron chi connectivity index (χ2n) is 9.07. The van der Waals surface area contributed by atoms with E-state index in [0.29, 0.717) is 17.0 Å². The van der Waals surface area contributed by atoms with Crippen molar-refractivity contribution in [3.63, 3.8) is 0 Å². The SMILES string of the molecule is Cc1cccc(C)c1N1C(=O)C2(C=CC(=O)N2c2cccc(F)c2)C2C(=O)c3ccccc3OC21. The lowest BCUT2D eigenvalue weighted by Crippen LogP contribution is -2.58. The van der Waals surface area contributed by atoms with E-state index in [-0.39, 0.29) is 11.5 Å². The van der Waals surface area contributed by atoms with Crippen molar-refractivity contribution in [1.82, 2.24) is 0 Å². The second-order valence-corrected chi connectivity index (χ2v) is 9.07. The van der Waals surface area contributed by atoms with Gasteiger partial charge in [0.05, 0.1) is 11.3 Å². The van der Waals surface area contributed by atoms with E-state index in [1.54, 1.807) is 30.3 Å². The summed E-state index contributed by atoms with van der Waals surface area (Å²) in [6, 6.07) is 18.0. The number of benzene rings is 3. The maximum Gasteiger partial charge on any atom is 0.261 e. The molecule has 3 heterocycles. The van der Waals surface area contributed by atoms with Crippen molar-refractivity contribution in [2.45, 2.75) is 25.6 Å². The number of carbonyl (C=O) groups is 3. The van der Waals surface area contributed by atoms with Crippen LogP contribution in [0, 0.1) is 25.6 Å². The van der Waals surface area contributed by atoms with Crippen LogP contribution in [0.3, 0.4) is 0 Å². The zero-order valence-corrected chi connectivity index (χ0v) is 19.1. The minimum atomic E-state index is -1.70. The summed E-state index contributed by atoms with van der Waals surface area (Å²) in [4.78, 5) is 44.4. The van der Waals surface area contributed by atoms with Crippen LogP contribution < -0.4 is 14.5 Å². The summed E-state index contributed by atoms with van der Waals surface area (Å²) in [6.07, 6.45) is 1.77. The molecule has 35 heavy (non-hydrogen) atoms. The summed E-state index contributed by atoms with van der Waals surface area (Å²) in [5, 5.41) is 0. The van der Waals surface area contributed by atoms with Crippen LogP contribution in [0.2, 0.25) is 0 Å². The molecule has 0 saturated carbocycles. The quantitative estimate of drug-likeness (QED) is 0.561. The number of rotatable bonds is 2. The first-order valence-electron chi connectivity index (χ1n) is 11.3. The summed E-state index contributed by atoms with van der Waals surface area (Å²) in [7, 11) is 0. The number of ether oxygens (including phenoxy) is 1. The average molecular weight is 468 g/mol. The number of amides is 2. The van der Waals surface area contributed by atoms with E-state index in [9.17, 15) is 18.8 Å². The summed E-state index contributed by atoms with van der Waals surface area (Å²) in [6.45, 7) is 3.77. The molecule has 3 unspecified atom stereocenters. The van der Waals surface area contributed by atoms with Crippen LogP contribution in [0.1, 0.15) is 21.5 Å². The van der Waals surface area contributed by atoms with Crippen molar-refractivity contribution < 1.29 is 23.5 Å². The molecule has 1 fully saturated rings. The van der Waals surface area contributed by atoms with Gasteiger partial charge in [0, 0.05) is 11.8 Å². The smallest absolute Gasteiger partial charge is 0.261 e. The van der Waals surface area contributed by atoms with Gasteiger partial charge in [0.2, 0.25) is 0 Å². The molecule has 0 aliphatic carbocycles. The molecule has 3 atom stereocenters. The summed E-state index contributed by atoms with van der Waals surface area (Å²) < 4.78 is 20.6. The monoisotopic (exact) mass is 468 g/mol. The molecule has 3 aromatic carbocycles. The molecule has 3 aliphatic heterocycles.